The van der Waals surface area contributed by atoms with Crippen molar-refractivity contribution in [3.63, 3.8) is 0 Å². The van der Waals surface area contributed by atoms with Gasteiger partial charge in [-0.05, 0) is 48.3 Å². The zero-order valence-corrected chi connectivity index (χ0v) is 18.6. The van der Waals surface area contributed by atoms with E-state index in [2.05, 4.69) is 87.0 Å². The van der Waals surface area contributed by atoms with Gasteiger partial charge in [-0.15, -0.1) is 11.8 Å². The Bertz CT molecular complexity index is 1110. The summed E-state index contributed by atoms with van der Waals surface area (Å²) in [5.41, 5.74) is 3.85. The fourth-order valence-corrected chi connectivity index (χ4v) is 7.45. The highest BCUT2D eigenvalue weighted by Crippen LogP contribution is 2.66. The second kappa shape index (κ2) is 6.50. The molecule has 0 amide bonds. The van der Waals surface area contributed by atoms with Crippen LogP contribution in [0.15, 0.2) is 59.6 Å². The number of thioether (sulfide) groups is 1. The number of rotatable bonds is 4. The van der Waals surface area contributed by atoms with E-state index in [1.165, 1.54) is 33.3 Å². The molecule has 1 heterocycles. The van der Waals surface area contributed by atoms with Crippen LogP contribution < -0.4 is 0 Å². The Labute approximate surface area is 177 Å². The Morgan fingerprint density at radius 1 is 1.07 bits per heavy atom. The monoisotopic (exact) mass is 403 g/mol. The molecule has 3 unspecified atom stereocenters. The number of aryl methyl sites for hydroxylation is 1. The fourth-order valence-electron chi connectivity index (χ4n) is 5.68. The van der Waals surface area contributed by atoms with Gasteiger partial charge in [0, 0.05) is 34.0 Å². The number of nitrogens with zero attached hydrogens (tertiary/aromatic N) is 1. The van der Waals surface area contributed by atoms with Crippen molar-refractivity contribution in [3.8, 4) is 0 Å². The van der Waals surface area contributed by atoms with Gasteiger partial charge in [0.15, 0.2) is 5.78 Å². The minimum Gasteiger partial charge on any atom is -0.342 e. The maximum absolute atomic E-state index is 13.4. The summed E-state index contributed by atoms with van der Waals surface area (Å²) in [5, 5.41) is 1.35. The number of fused-ring (bicyclic) bond motifs is 3. The molecule has 3 heteroatoms. The van der Waals surface area contributed by atoms with Crippen LogP contribution in [0.25, 0.3) is 10.9 Å². The molecule has 2 aromatic carbocycles. The van der Waals surface area contributed by atoms with Crippen LogP contribution in [0.3, 0.4) is 0 Å². The second-order valence-corrected chi connectivity index (χ2v) is 10.8. The zero-order valence-electron chi connectivity index (χ0n) is 17.7. The number of carbonyl (C=O) groups is 1. The van der Waals surface area contributed by atoms with E-state index in [-0.39, 0.29) is 16.1 Å². The summed E-state index contributed by atoms with van der Waals surface area (Å²) in [7, 11) is 0. The molecule has 5 rings (SSSR count). The van der Waals surface area contributed by atoms with Gasteiger partial charge in [-0.2, -0.15) is 0 Å². The highest BCUT2D eigenvalue weighted by molar-refractivity contribution is 8.01. The molecular formula is C26H29NOS. The van der Waals surface area contributed by atoms with Crippen molar-refractivity contribution in [3.05, 3.63) is 65.9 Å². The number of para-hydroxylation sites is 1. The summed E-state index contributed by atoms with van der Waals surface area (Å²) < 4.78 is 2.35. The molecule has 3 atom stereocenters. The van der Waals surface area contributed by atoms with E-state index in [1.807, 2.05) is 11.8 Å². The van der Waals surface area contributed by atoms with E-state index in [9.17, 15) is 4.79 Å². The molecule has 0 saturated heterocycles. The predicted octanol–water partition coefficient (Wildman–Crippen LogP) is 6.48. The highest BCUT2D eigenvalue weighted by Gasteiger charge is 2.66. The minimum absolute atomic E-state index is 0.0847. The van der Waals surface area contributed by atoms with Crippen molar-refractivity contribution in [2.75, 3.05) is 0 Å². The van der Waals surface area contributed by atoms with Crippen LogP contribution in [0.4, 0.5) is 0 Å². The fraction of sp³-hybridized carbons (Fsp3) is 0.423. The third-order valence-electron chi connectivity index (χ3n) is 8.08. The average Bonchev–Trinajstić information content (AvgIpc) is 3.20. The van der Waals surface area contributed by atoms with Gasteiger partial charge >= 0.3 is 0 Å². The smallest absolute Gasteiger partial charge is 0.152 e. The number of hydrogen-bond acceptors (Lipinski definition) is 2. The molecule has 2 nitrogen and oxygen atoms in total. The van der Waals surface area contributed by atoms with Gasteiger partial charge in [-0.3, -0.25) is 4.79 Å². The first-order chi connectivity index (χ1) is 13.8. The highest BCUT2D eigenvalue weighted by atomic mass is 32.2. The first-order valence-corrected chi connectivity index (χ1v) is 11.5. The standard InChI is InChI=1S/C26H29NOS/c1-17-9-5-6-10-18(17)15-27-16-22(19-11-7-8-12-21(19)27)29-23-20-13-14-26(4,24(23)28)25(20,2)3/h5-12,16,20,23H,13-15H2,1-4H3. The van der Waals surface area contributed by atoms with Gasteiger partial charge in [-0.1, -0.05) is 63.2 Å². The lowest BCUT2D eigenvalue weighted by molar-refractivity contribution is -0.127. The minimum atomic E-state index is -0.158. The summed E-state index contributed by atoms with van der Waals surface area (Å²) in [6, 6.07) is 17.2. The number of benzene rings is 2. The topological polar surface area (TPSA) is 22.0 Å². The van der Waals surface area contributed by atoms with Gasteiger partial charge in [0.25, 0.3) is 0 Å². The molecule has 2 aliphatic rings. The molecule has 0 aliphatic heterocycles. The van der Waals surface area contributed by atoms with Crippen LogP contribution in [-0.4, -0.2) is 15.6 Å². The van der Waals surface area contributed by atoms with E-state index in [0.717, 1.165) is 13.0 Å². The zero-order chi connectivity index (χ0) is 20.4. The second-order valence-electron chi connectivity index (χ2n) is 9.67. The van der Waals surface area contributed by atoms with Gasteiger partial charge in [-0.25, -0.2) is 0 Å². The SMILES string of the molecule is Cc1ccccc1Cn1cc(SC2C(=O)C3(C)CCC2C3(C)C)c2ccccc21. The Balaban J connectivity index is 1.52. The van der Waals surface area contributed by atoms with Gasteiger partial charge < -0.3 is 4.57 Å². The lowest BCUT2D eigenvalue weighted by Gasteiger charge is -2.32. The van der Waals surface area contributed by atoms with Crippen molar-refractivity contribution >= 4 is 28.4 Å². The van der Waals surface area contributed by atoms with Crippen LogP contribution in [-0.2, 0) is 11.3 Å². The summed E-state index contributed by atoms with van der Waals surface area (Å²) >= 11 is 1.82. The van der Waals surface area contributed by atoms with Crippen molar-refractivity contribution in [1.29, 1.82) is 0 Å². The summed E-state index contributed by atoms with van der Waals surface area (Å²) in [4.78, 5) is 14.6. The van der Waals surface area contributed by atoms with E-state index in [0.29, 0.717) is 11.7 Å². The van der Waals surface area contributed by atoms with Crippen molar-refractivity contribution in [2.24, 2.45) is 16.7 Å². The first kappa shape index (κ1) is 19.0. The average molecular weight is 404 g/mol. The van der Waals surface area contributed by atoms with Crippen LogP contribution in [0.1, 0.15) is 44.7 Å². The molecule has 2 aliphatic carbocycles. The van der Waals surface area contributed by atoms with E-state index < -0.39 is 0 Å². The predicted molar refractivity (Wildman–Crippen MR) is 121 cm³/mol. The summed E-state index contributed by atoms with van der Waals surface area (Å²) in [6.07, 6.45) is 4.50. The van der Waals surface area contributed by atoms with Crippen LogP contribution in [0, 0.1) is 23.7 Å². The Morgan fingerprint density at radius 2 is 1.79 bits per heavy atom. The maximum Gasteiger partial charge on any atom is 0.152 e. The van der Waals surface area contributed by atoms with Crippen LogP contribution in [0.5, 0.6) is 0 Å². The van der Waals surface area contributed by atoms with Gasteiger partial charge in [0.05, 0.1) is 5.25 Å². The van der Waals surface area contributed by atoms with Crippen molar-refractivity contribution < 1.29 is 4.79 Å². The Morgan fingerprint density at radius 3 is 2.52 bits per heavy atom. The molecule has 0 radical (unpaired) electrons. The van der Waals surface area contributed by atoms with Crippen LogP contribution in [0.2, 0.25) is 0 Å². The Hall–Kier alpha value is -2.00. The molecule has 3 aromatic rings. The van der Waals surface area contributed by atoms with Crippen molar-refractivity contribution in [1.82, 2.24) is 4.57 Å². The van der Waals surface area contributed by atoms with Crippen LogP contribution >= 0.6 is 11.8 Å². The number of Topliss-reactive ketones (excluding diaryl/α,β-unsaturated/α-hetero) is 1. The Kier molecular flexibility index (Phi) is 4.26. The molecule has 2 fully saturated rings. The third kappa shape index (κ3) is 2.66. The quantitative estimate of drug-likeness (QED) is 0.497. The van der Waals surface area contributed by atoms with Gasteiger partial charge in [0.1, 0.15) is 0 Å². The molecule has 0 N–H and O–H groups in total. The number of ketones is 1. The molecule has 150 valence electrons. The lowest BCUT2D eigenvalue weighted by Crippen LogP contribution is -2.34. The summed E-state index contributed by atoms with van der Waals surface area (Å²) in [5.74, 6) is 0.947. The van der Waals surface area contributed by atoms with E-state index in [1.54, 1.807) is 0 Å². The third-order valence-corrected chi connectivity index (χ3v) is 9.46. The molecule has 2 saturated carbocycles. The lowest BCUT2D eigenvalue weighted by atomic mass is 9.70. The molecule has 2 bridgehead atoms. The summed E-state index contributed by atoms with van der Waals surface area (Å²) in [6.45, 7) is 9.86. The number of carbonyl (C=O) groups excluding carboxylic acids is 1. The van der Waals surface area contributed by atoms with E-state index in [4.69, 9.17) is 0 Å². The van der Waals surface area contributed by atoms with E-state index >= 15 is 0 Å². The first-order valence-electron chi connectivity index (χ1n) is 10.7. The maximum atomic E-state index is 13.4. The number of aromatic nitrogens is 1. The number of hydrogen-bond donors (Lipinski definition) is 0. The molecule has 1 aromatic heterocycles. The molecule has 0 spiro atoms. The molecule has 29 heavy (non-hydrogen) atoms. The normalized spacial score (nSPS) is 27.8. The van der Waals surface area contributed by atoms with Gasteiger partial charge in [0.2, 0.25) is 0 Å². The largest absolute Gasteiger partial charge is 0.342 e. The van der Waals surface area contributed by atoms with Crippen molar-refractivity contribution in [2.45, 2.75) is 57.2 Å². The molecular weight excluding hydrogens is 374 g/mol.